The van der Waals surface area contributed by atoms with Gasteiger partial charge in [-0.3, -0.25) is 4.99 Å². The van der Waals surface area contributed by atoms with Crippen LogP contribution in [0, 0.1) is 0 Å². The average molecular weight is 392 g/mol. The molecule has 0 aliphatic carbocycles. The Balaban J connectivity index is 1.80. The van der Waals surface area contributed by atoms with Gasteiger partial charge in [-0.2, -0.15) is 13.2 Å². The van der Waals surface area contributed by atoms with Crippen LogP contribution in [0.4, 0.5) is 13.2 Å². The van der Waals surface area contributed by atoms with E-state index in [0.29, 0.717) is 25.5 Å². The van der Waals surface area contributed by atoms with Crippen molar-refractivity contribution >= 4 is 5.96 Å². The molecular formula is C21H27F3N4. The highest BCUT2D eigenvalue weighted by Crippen LogP contribution is 2.29. The highest BCUT2D eigenvalue weighted by atomic mass is 19.4. The summed E-state index contributed by atoms with van der Waals surface area (Å²) in [5, 5.41) is 6.45. The smallest absolute Gasteiger partial charge is 0.356 e. The first kappa shape index (κ1) is 21.8. The number of guanidine groups is 1. The Morgan fingerprint density at radius 2 is 1.64 bits per heavy atom. The number of nitrogens with one attached hydrogen (secondary N) is 2. The molecule has 2 rings (SSSR count). The monoisotopic (exact) mass is 392 g/mol. The summed E-state index contributed by atoms with van der Waals surface area (Å²) in [7, 11) is 5.76. The van der Waals surface area contributed by atoms with Crippen LogP contribution in [-0.2, 0) is 25.7 Å². The standard InChI is InChI=1S/C21H27F3N4/c1-25-20(27-14-17-5-4-6-18(13-17)15-28(2)3)26-12-11-16-7-9-19(10-8-16)21(22,23)24/h4-10,13H,11-12,14-15H2,1-3H3,(H2,25,26,27). The number of hydrogen-bond acceptors (Lipinski definition) is 2. The van der Waals surface area contributed by atoms with Gasteiger partial charge in [-0.1, -0.05) is 36.4 Å². The molecule has 0 heterocycles. The Hall–Kier alpha value is -2.54. The lowest BCUT2D eigenvalue weighted by Gasteiger charge is -2.14. The minimum Gasteiger partial charge on any atom is -0.356 e. The number of aliphatic imine (C=N–C) groups is 1. The van der Waals surface area contributed by atoms with E-state index in [-0.39, 0.29) is 0 Å². The van der Waals surface area contributed by atoms with Crippen molar-refractivity contribution in [3.8, 4) is 0 Å². The molecule has 4 nitrogen and oxygen atoms in total. The maximum Gasteiger partial charge on any atom is 0.416 e. The van der Waals surface area contributed by atoms with E-state index in [1.165, 1.54) is 17.7 Å². The molecule has 0 amide bonds. The normalized spacial score (nSPS) is 12.3. The van der Waals surface area contributed by atoms with Gasteiger partial charge in [0.2, 0.25) is 0 Å². The van der Waals surface area contributed by atoms with Gasteiger partial charge in [0.15, 0.2) is 5.96 Å². The van der Waals surface area contributed by atoms with Gasteiger partial charge in [-0.05, 0) is 49.3 Å². The second-order valence-corrected chi connectivity index (χ2v) is 6.85. The topological polar surface area (TPSA) is 39.7 Å². The van der Waals surface area contributed by atoms with Gasteiger partial charge in [0.1, 0.15) is 0 Å². The van der Waals surface area contributed by atoms with E-state index in [4.69, 9.17) is 0 Å². The van der Waals surface area contributed by atoms with Crippen molar-refractivity contribution in [1.29, 1.82) is 0 Å². The van der Waals surface area contributed by atoms with Crippen LogP contribution >= 0.6 is 0 Å². The molecule has 0 saturated heterocycles. The Morgan fingerprint density at radius 1 is 0.964 bits per heavy atom. The molecule has 0 unspecified atom stereocenters. The first-order chi connectivity index (χ1) is 13.3. The Morgan fingerprint density at radius 3 is 2.25 bits per heavy atom. The molecule has 0 radical (unpaired) electrons. The van der Waals surface area contributed by atoms with Crippen LogP contribution in [0.3, 0.4) is 0 Å². The number of rotatable bonds is 7. The zero-order valence-corrected chi connectivity index (χ0v) is 16.5. The minimum absolute atomic E-state index is 0.575. The van der Waals surface area contributed by atoms with Crippen LogP contribution in [0.15, 0.2) is 53.5 Å². The molecular weight excluding hydrogens is 365 g/mol. The van der Waals surface area contributed by atoms with E-state index >= 15 is 0 Å². The molecule has 7 heteroatoms. The number of halogens is 3. The SMILES string of the molecule is CN=C(NCCc1ccc(C(F)(F)F)cc1)NCc1cccc(CN(C)C)c1. The fourth-order valence-electron chi connectivity index (χ4n) is 2.80. The fourth-order valence-corrected chi connectivity index (χ4v) is 2.80. The van der Waals surface area contributed by atoms with Gasteiger partial charge < -0.3 is 15.5 Å². The van der Waals surface area contributed by atoms with Crippen molar-refractivity contribution in [3.63, 3.8) is 0 Å². The number of hydrogen-bond donors (Lipinski definition) is 2. The summed E-state index contributed by atoms with van der Waals surface area (Å²) in [6.45, 7) is 2.10. The second-order valence-electron chi connectivity index (χ2n) is 6.85. The molecule has 0 aliphatic rings. The van der Waals surface area contributed by atoms with E-state index in [2.05, 4.69) is 38.7 Å². The fraction of sp³-hybridized carbons (Fsp3) is 0.381. The van der Waals surface area contributed by atoms with Crippen LogP contribution in [0.1, 0.15) is 22.3 Å². The highest BCUT2D eigenvalue weighted by molar-refractivity contribution is 5.79. The first-order valence-electron chi connectivity index (χ1n) is 9.11. The van der Waals surface area contributed by atoms with Crippen LogP contribution < -0.4 is 10.6 Å². The number of benzene rings is 2. The maximum atomic E-state index is 12.6. The summed E-state index contributed by atoms with van der Waals surface area (Å²) in [4.78, 5) is 6.31. The second kappa shape index (κ2) is 10.1. The zero-order valence-electron chi connectivity index (χ0n) is 16.5. The average Bonchev–Trinajstić information content (AvgIpc) is 2.64. The predicted molar refractivity (Wildman–Crippen MR) is 107 cm³/mol. The Labute approximate surface area is 164 Å². The third-order valence-corrected chi connectivity index (χ3v) is 4.16. The third-order valence-electron chi connectivity index (χ3n) is 4.16. The van der Waals surface area contributed by atoms with Gasteiger partial charge in [0.05, 0.1) is 5.56 Å². The molecule has 0 aliphatic heterocycles. The van der Waals surface area contributed by atoms with Crippen LogP contribution in [0.25, 0.3) is 0 Å². The molecule has 28 heavy (non-hydrogen) atoms. The summed E-state index contributed by atoms with van der Waals surface area (Å²) in [6.07, 6.45) is -3.69. The minimum atomic E-state index is -4.30. The molecule has 0 aromatic heterocycles. The van der Waals surface area contributed by atoms with E-state index in [1.54, 1.807) is 7.05 Å². The molecule has 2 aromatic rings. The molecule has 2 aromatic carbocycles. The maximum absolute atomic E-state index is 12.6. The molecule has 0 fully saturated rings. The summed E-state index contributed by atoms with van der Waals surface area (Å²) in [5.41, 5.74) is 2.62. The first-order valence-corrected chi connectivity index (χ1v) is 9.11. The van der Waals surface area contributed by atoms with Crippen molar-refractivity contribution in [2.24, 2.45) is 4.99 Å². The summed E-state index contributed by atoms with van der Waals surface area (Å²) in [6, 6.07) is 13.6. The van der Waals surface area contributed by atoms with Crippen LogP contribution in [0.2, 0.25) is 0 Å². The number of alkyl halides is 3. The quantitative estimate of drug-likeness (QED) is 0.558. The van der Waals surface area contributed by atoms with Crippen molar-refractivity contribution in [2.45, 2.75) is 25.7 Å². The Kier molecular flexibility index (Phi) is 7.87. The molecule has 2 N–H and O–H groups in total. The lowest BCUT2D eigenvalue weighted by molar-refractivity contribution is -0.137. The van der Waals surface area contributed by atoms with E-state index in [1.807, 2.05) is 20.2 Å². The van der Waals surface area contributed by atoms with Crippen LogP contribution in [0.5, 0.6) is 0 Å². The highest BCUT2D eigenvalue weighted by Gasteiger charge is 2.29. The van der Waals surface area contributed by atoms with Crippen LogP contribution in [-0.4, -0.2) is 38.5 Å². The molecule has 0 atom stereocenters. The van der Waals surface area contributed by atoms with E-state index in [9.17, 15) is 13.2 Å². The van der Waals surface area contributed by atoms with Gasteiger partial charge in [0.25, 0.3) is 0 Å². The predicted octanol–water partition coefficient (Wildman–Crippen LogP) is 3.67. The van der Waals surface area contributed by atoms with Gasteiger partial charge >= 0.3 is 6.18 Å². The molecule has 0 spiro atoms. The van der Waals surface area contributed by atoms with Crippen molar-refractivity contribution in [3.05, 3.63) is 70.8 Å². The summed E-state index contributed by atoms with van der Waals surface area (Å²) in [5.74, 6) is 0.657. The van der Waals surface area contributed by atoms with E-state index < -0.39 is 11.7 Å². The molecule has 152 valence electrons. The summed E-state index contributed by atoms with van der Waals surface area (Å²) < 4.78 is 37.8. The van der Waals surface area contributed by atoms with E-state index in [0.717, 1.165) is 29.8 Å². The lowest BCUT2D eigenvalue weighted by Crippen LogP contribution is -2.37. The van der Waals surface area contributed by atoms with Gasteiger partial charge in [-0.25, -0.2) is 0 Å². The zero-order chi connectivity index (χ0) is 20.6. The van der Waals surface area contributed by atoms with Gasteiger partial charge in [0, 0.05) is 26.7 Å². The molecule has 0 saturated carbocycles. The Bertz CT molecular complexity index is 768. The van der Waals surface area contributed by atoms with Gasteiger partial charge in [-0.15, -0.1) is 0 Å². The molecule has 0 bridgehead atoms. The van der Waals surface area contributed by atoms with Crippen molar-refractivity contribution in [1.82, 2.24) is 15.5 Å². The van der Waals surface area contributed by atoms with Crippen molar-refractivity contribution in [2.75, 3.05) is 27.7 Å². The third kappa shape index (κ3) is 7.23. The van der Waals surface area contributed by atoms with Crippen molar-refractivity contribution < 1.29 is 13.2 Å². The largest absolute Gasteiger partial charge is 0.416 e. The summed E-state index contributed by atoms with van der Waals surface area (Å²) >= 11 is 0. The lowest BCUT2D eigenvalue weighted by atomic mass is 10.1. The number of nitrogens with zero attached hydrogens (tertiary/aromatic N) is 2.